The highest BCUT2D eigenvalue weighted by atomic mass is 32.2. The van der Waals surface area contributed by atoms with Gasteiger partial charge in [-0.25, -0.2) is 8.42 Å². The molecule has 0 radical (unpaired) electrons. The molecule has 4 heterocycles. The van der Waals surface area contributed by atoms with Gasteiger partial charge in [-0.15, -0.1) is 0 Å². The first kappa shape index (κ1) is 19.0. The summed E-state index contributed by atoms with van der Waals surface area (Å²) in [7, 11) is -3.61. The number of piperazine rings is 1. The zero-order valence-corrected chi connectivity index (χ0v) is 17.1. The zero-order chi connectivity index (χ0) is 20.7. The molecule has 0 unspecified atom stereocenters. The van der Waals surface area contributed by atoms with Crippen molar-refractivity contribution in [3.63, 3.8) is 0 Å². The molecule has 5 rings (SSSR count). The van der Waals surface area contributed by atoms with E-state index in [0.29, 0.717) is 13.1 Å². The molecular weight excluding hydrogens is 404 g/mol. The minimum Gasteiger partial charge on any atom is -0.368 e. The molecule has 2 aliphatic rings. The average Bonchev–Trinajstić information content (AvgIpc) is 3.21. The third-order valence-electron chi connectivity index (χ3n) is 5.87. The number of hydrogen-bond acceptors (Lipinski definition) is 6. The molecule has 0 atom stereocenters. The monoisotopic (exact) mass is 426 g/mol. The highest BCUT2D eigenvalue weighted by molar-refractivity contribution is 7.89. The van der Waals surface area contributed by atoms with Crippen LogP contribution in [0.25, 0.3) is 10.9 Å². The van der Waals surface area contributed by atoms with E-state index >= 15 is 0 Å². The van der Waals surface area contributed by atoms with E-state index in [1.165, 1.54) is 4.31 Å². The normalized spacial score (nSPS) is 18.5. The molecule has 0 bridgehead atoms. The summed E-state index contributed by atoms with van der Waals surface area (Å²) in [5.41, 5.74) is 1.89. The molecule has 30 heavy (non-hydrogen) atoms. The van der Waals surface area contributed by atoms with Crippen molar-refractivity contribution in [3.8, 4) is 0 Å². The van der Waals surface area contributed by atoms with Crippen molar-refractivity contribution in [1.82, 2.24) is 24.4 Å². The summed E-state index contributed by atoms with van der Waals surface area (Å²) in [4.78, 5) is 21.2. The van der Waals surface area contributed by atoms with Gasteiger partial charge in [-0.2, -0.15) is 9.40 Å². The van der Waals surface area contributed by atoms with E-state index in [-0.39, 0.29) is 29.8 Å². The number of pyridine rings is 1. The Morgan fingerprint density at radius 2 is 1.77 bits per heavy atom. The Morgan fingerprint density at radius 1 is 1.03 bits per heavy atom. The summed E-state index contributed by atoms with van der Waals surface area (Å²) in [5.74, 6) is -0.231. The molecule has 1 amide bonds. The number of aromatic amines is 1. The van der Waals surface area contributed by atoms with Crippen LogP contribution in [-0.2, 0) is 14.8 Å². The number of H-pyrrole nitrogens is 1. The van der Waals surface area contributed by atoms with Crippen LogP contribution in [0.3, 0.4) is 0 Å². The van der Waals surface area contributed by atoms with Crippen molar-refractivity contribution in [2.24, 2.45) is 5.92 Å². The fourth-order valence-corrected chi connectivity index (χ4v) is 5.59. The van der Waals surface area contributed by atoms with Crippen LogP contribution in [0.15, 0.2) is 53.8 Å². The lowest BCUT2D eigenvalue weighted by molar-refractivity contribution is -0.139. The number of benzene rings is 1. The second-order valence-corrected chi connectivity index (χ2v) is 9.59. The maximum atomic E-state index is 12.9. The average molecular weight is 427 g/mol. The Balaban J connectivity index is 1.19. The standard InChI is InChI=1S/C20H22N6O3S/c27-20(25-9-7-24(8-10-25)17-3-5-21-6-4-17)16-13-26(14-16)30(28,29)18-1-2-19-15(11-18)12-22-23-19/h1-6,11-12,16H,7-10,13-14H2,(H,22,23). The van der Waals surface area contributed by atoms with Crippen molar-refractivity contribution in [2.75, 3.05) is 44.2 Å². The zero-order valence-electron chi connectivity index (χ0n) is 16.3. The van der Waals surface area contributed by atoms with Gasteiger partial charge >= 0.3 is 0 Å². The summed E-state index contributed by atoms with van der Waals surface area (Å²) in [6.07, 6.45) is 5.13. The lowest BCUT2D eigenvalue weighted by Gasteiger charge is -2.42. The van der Waals surface area contributed by atoms with Crippen molar-refractivity contribution < 1.29 is 13.2 Å². The topological polar surface area (TPSA) is 102 Å². The number of sulfonamides is 1. The van der Waals surface area contributed by atoms with Gasteiger partial charge in [-0.3, -0.25) is 14.9 Å². The van der Waals surface area contributed by atoms with Crippen LogP contribution in [0.2, 0.25) is 0 Å². The largest absolute Gasteiger partial charge is 0.368 e. The van der Waals surface area contributed by atoms with Crippen molar-refractivity contribution in [1.29, 1.82) is 0 Å². The second kappa shape index (κ2) is 7.37. The fraction of sp³-hybridized carbons (Fsp3) is 0.350. The molecular formula is C20H22N6O3S. The molecule has 0 spiro atoms. The molecule has 9 nitrogen and oxygen atoms in total. The second-order valence-electron chi connectivity index (χ2n) is 7.66. The molecule has 2 fully saturated rings. The molecule has 156 valence electrons. The number of carbonyl (C=O) groups excluding carboxylic acids is 1. The van der Waals surface area contributed by atoms with Crippen LogP contribution in [0.4, 0.5) is 5.69 Å². The van der Waals surface area contributed by atoms with Gasteiger partial charge in [0.2, 0.25) is 15.9 Å². The fourth-order valence-electron chi connectivity index (χ4n) is 4.02. The number of hydrogen-bond donors (Lipinski definition) is 1. The molecule has 2 aromatic heterocycles. The van der Waals surface area contributed by atoms with Crippen molar-refractivity contribution >= 4 is 32.5 Å². The lowest BCUT2D eigenvalue weighted by atomic mass is 10.0. The van der Waals surface area contributed by atoms with E-state index in [4.69, 9.17) is 0 Å². The van der Waals surface area contributed by atoms with Crippen LogP contribution in [0.1, 0.15) is 0 Å². The lowest BCUT2D eigenvalue weighted by Crippen LogP contribution is -2.59. The summed E-state index contributed by atoms with van der Waals surface area (Å²) in [5, 5.41) is 7.48. The van der Waals surface area contributed by atoms with Gasteiger partial charge in [0.25, 0.3) is 0 Å². The van der Waals surface area contributed by atoms with Gasteiger partial charge in [0, 0.05) is 62.7 Å². The highest BCUT2D eigenvalue weighted by Gasteiger charge is 2.42. The van der Waals surface area contributed by atoms with Crippen molar-refractivity contribution in [3.05, 3.63) is 48.9 Å². The number of rotatable bonds is 4. The van der Waals surface area contributed by atoms with E-state index in [0.717, 1.165) is 29.7 Å². The smallest absolute Gasteiger partial charge is 0.243 e. The maximum absolute atomic E-state index is 12.9. The molecule has 2 saturated heterocycles. The van der Waals surface area contributed by atoms with E-state index in [2.05, 4.69) is 20.1 Å². The summed E-state index contributed by atoms with van der Waals surface area (Å²) in [6, 6.07) is 8.82. The molecule has 0 saturated carbocycles. The van der Waals surface area contributed by atoms with Crippen LogP contribution in [0, 0.1) is 5.92 Å². The van der Waals surface area contributed by atoms with Gasteiger partial charge in [0.15, 0.2) is 0 Å². The number of nitrogens with zero attached hydrogens (tertiary/aromatic N) is 5. The predicted molar refractivity (Wildman–Crippen MR) is 111 cm³/mol. The number of nitrogens with one attached hydrogen (secondary N) is 1. The molecule has 3 aromatic rings. The Morgan fingerprint density at radius 3 is 2.50 bits per heavy atom. The first-order chi connectivity index (χ1) is 14.5. The van der Waals surface area contributed by atoms with Gasteiger partial charge in [0.1, 0.15) is 0 Å². The molecule has 0 aliphatic carbocycles. The Labute approximate surface area is 174 Å². The number of fused-ring (bicyclic) bond motifs is 1. The quantitative estimate of drug-likeness (QED) is 0.666. The third kappa shape index (κ3) is 3.31. The highest BCUT2D eigenvalue weighted by Crippen LogP contribution is 2.28. The third-order valence-corrected chi connectivity index (χ3v) is 7.69. The molecule has 10 heteroatoms. The summed E-state index contributed by atoms with van der Waals surface area (Å²) >= 11 is 0. The number of amides is 1. The summed E-state index contributed by atoms with van der Waals surface area (Å²) < 4.78 is 27.1. The first-order valence-electron chi connectivity index (χ1n) is 9.89. The van der Waals surface area contributed by atoms with E-state index in [9.17, 15) is 13.2 Å². The number of anilines is 1. The minimum atomic E-state index is -3.61. The van der Waals surface area contributed by atoms with Crippen LogP contribution < -0.4 is 4.90 Å². The van der Waals surface area contributed by atoms with Crippen molar-refractivity contribution in [2.45, 2.75) is 4.90 Å². The van der Waals surface area contributed by atoms with Gasteiger partial charge in [-0.1, -0.05) is 0 Å². The van der Waals surface area contributed by atoms with Gasteiger partial charge in [-0.05, 0) is 30.3 Å². The Bertz CT molecular complexity index is 1170. The number of carbonyl (C=O) groups is 1. The van der Waals surface area contributed by atoms with E-state index < -0.39 is 10.0 Å². The predicted octanol–water partition coefficient (Wildman–Crippen LogP) is 0.927. The molecule has 2 aliphatic heterocycles. The minimum absolute atomic E-state index is 0.0427. The van der Waals surface area contributed by atoms with Crippen LogP contribution in [0.5, 0.6) is 0 Å². The van der Waals surface area contributed by atoms with Crippen LogP contribution >= 0.6 is 0 Å². The SMILES string of the molecule is O=C(C1CN(S(=O)(=O)c2ccc3[nH]ncc3c2)C1)N1CCN(c2ccncc2)CC1. The van der Waals surface area contributed by atoms with Gasteiger partial charge in [0.05, 0.1) is 22.5 Å². The first-order valence-corrected chi connectivity index (χ1v) is 11.3. The maximum Gasteiger partial charge on any atom is 0.243 e. The van der Waals surface area contributed by atoms with E-state index in [1.54, 1.807) is 36.8 Å². The molecule has 1 aromatic carbocycles. The van der Waals surface area contributed by atoms with E-state index in [1.807, 2.05) is 17.0 Å². The Hall–Kier alpha value is -2.98. The molecule has 1 N–H and O–H groups in total. The number of aromatic nitrogens is 3. The van der Waals surface area contributed by atoms with Crippen LogP contribution in [-0.4, -0.2) is 78.0 Å². The Kier molecular flexibility index (Phi) is 4.67. The summed E-state index contributed by atoms with van der Waals surface area (Å²) in [6.45, 7) is 3.26. The van der Waals surface area contributed by atoms with Gasteiger partial charge < -0.3 is 9.80 Å².